The quantitative estimate of drug-likeness (QED) is 0.828. The molecule has 4 nitrogen and oxygen atoms in total. The minimum absolute atomic E-state index is 0.385. The van der Waals surface area contributed by atoms with Crippen LogP contribution in [0.15, 0.2) is 42.5 Å². The van der Waals surface area contributed by atoms with Crippen molar-refractivity contribution in [1.29, 1.82) is 0 Å². The van der Waals surface area contributed by atoms with E-state index in [1.165, 1.54) is 0 Å². The highest BCUT2D eigenvalue weighted by atomic mass is 32.1. The summed E-state index contributed by atoms with van der Waals surface area (Å²) >= 11 is 4.93. The van der Waals surface area contributed by atoms with Crippen molar-refractivity contribution in [1.82, 2.24) is 0 Å². The molecule has 0 aliphatic heterocycles. The molecule has 2 rings (SSSR count). The molecule has 0 aromatic heterocycles. The SMILES string of the molecule is COc1ccc(OC)c(Nc2ccc(C(N)=S)cc2)c1. The van der Waals surface area contributed by atoms with Crippen LogP contribution >= 0.6 is 12.2 Å². The Bertz CT molecular complexity index is 612. The van der Waals surface area contributed by atoms with E-state index in [2.05, 4.69) is 5.32 Å². The molecule has 0 unspecified atom stereocenters. The van der Waals surface area contributed by atoms with Gasteiger partial charge in [0.1, 0.15) is 16.5 Å². The van der Waals surface area contributed by atoms with Gasteiger partial charge in [-0.15, -0.1) is 0 Å². The van der Waals surface area contributed by atoms with Gasteiger partial charge in [-0.2, -0.15) is 0 Å². The Kier molecular flexibility index (Phi) is 4.42. The number of hydrogen-bond acceptors (Lipinski definition) is 4. The maximum Gasteiger partial charge on any atom is 0.142 e. The molecule has 0 heterocycles. The zero-order valence-electron chi connectivity index (χ0n) is 11.3. The summed E-state index contributed by atoms with van der Waals surface area (Å²) in [5.74, 6) is 1.50. The van der Waals surface area contributed by atoms with Gasteiger partial charge in [0.2, 0.25) is 0 Å². The topological polar surface area (TPSA) is 56.5 Å². The molecule has 5 heteroatoms. The van der Waals surface area contributed by atoms with Crippen LogP contribution in [0.1, 0.15) is 5.56 Å². The van der Waals surface area contributed by atoms with Crippen LogP contribution in [0.3, 0.4) is 0 Å². The Labute approximate surface area is 123 Å². The molecule has 0 amide bonds. The van der Waals surface area contributed by atoms with E-state index in [0.717, 1.165) is 28.4 Å². The maximum atomic E-state index is 5.57. The van der Waals surface area contributed by atoms with Crippen LogP contribution in [0.4, 0.5) is 11.4 Å². The van der Waals surface area contributed by atoms with E-state index in [-0.39, 0.29) is 0 Å². The fourth-order valence-corrected chi connectivity index (χ4v) is 1.92. The standard InChI is InChI=1S/C15H16N2O2S/c1-18-12-7-8-14(19-2)13(9-12)17-11-5-3-10(4-6-11)15(16)20/h3-9,17H,1-2H3,(H2,16,20). The van der Waals surface area contributed by atoms with Gasteiger partial charge in [-0.1, -0.05) is 12.2 Å². The first kappa shape index (κ1) is 14.1. The number of benzene rings is 2. The Balaban J connectivity index is 2.26. The minimum Gasteiger partial charge on any atom is -0.497 e. The number of hydrogen-bond donors (Lipinski definition) is 2. The highest BCUT2D eigenvalue weighted by Gasteiger charge is 2.05. The number of anilines is 2. The average Bonchev–Trinajstić information content (AvgIpc) is 2.47. The normalized spacial score (nSPS) is 9.90. The highest BCUT2D eigenvalue weighted by Crippen LogP contribution is 2.31. The van der Waals surface area contributed by atoms with Crippen molar-refractivity contribution in [3.8, 4) is 11.5 Å². The molecule has 0 aliphatic carbocycles. The van der Waals surface area contributed by atoms with E-state index in [0.29, 0.717) is 4.99 Å². The molecule has 3 N–H and O–H groups in total. The summed E-state index contributed by atoms with van der Waals surface area (Å²) in [6.45, 7) is 0. The fourth-order valence-electron chi connectivity index (χ4n) is 1.79. The zero-order chi connectivity index (χ0) is 14.5. The first-order chi connectivity index (χ1) is 9.63. The lowest BCUT2D eigenvalue weighted by atomic mass is 10.2. The molecule has 20 heavy (non-hydrogen) atoms. The lowest BCUT2D eigenvalue weighted by Crippen LogP contribution is -2.08. The van der Waals surface area contributed by atoms with Crippen LogP contribution in [0.5, 0.6) is 11.5 Å². The number of thiocarbonyl (C=S) groups is 1. The van der Waals surface area contributed by atoms with E-state index in [4.69, 9.17) is 27.4 Å². The van der Waals surface area contributed by atoms with E-state index >= 15 is 0 Å². The summed E-state index contributed by atoms with van der Waals surface area (Å²) in [6.07, 6.45) is 0. The van der Waals surface area contributed by atoms with E-state index in [1.807, 2.05) is 42.5 Å². The Morgan fingerprint density at radius 1 is 1.05 bits per heavy atom. The third-order valence-electron chi connectivity index (χ3n) is 2.86. The van der Waals surface area contributed by atoms with Gasteiger partial charge in [0.15, 0.2) is 0 Å². The monoisotopic (exact) mass is 288 g/mol. The molecule has 0 saturated carbocycles. The van der Waals surface area contributed by atoms with Crippen molar-refractivity contribution in [2.75, 3.05) is 19.5 Å². The van der Waals surface area contributed by atoms with Crippen LogP contribution in [-0.4, -0.2) is 19.2 Å². The highest BCUT2D eigenvalue weighted by molar-refractivity contribution is 7.80. The molecule has 0 saturated heterocycles. The predicted octanol–water partition coefficient (Wildman–Crippen LogP) is 3.08. The Morgan fingerprint density at radius 2 is 1.75 bits per heavy atom. The van der Waals surface area contributed by atoms with Crippen LogP contribution in [0, 0.1) is 0 Å². The smallest absolute Gasteiger partial charge is 0.142 e. The largest absolute Gasteiger partial charge is 0.497 e. The van der Waals surface area contributed by atoms with Crippen molar-refractivity contribution in [3.05, 3.63) is 48.0 Å². The lowest BCUT2D eigenvalue weighted by molar-refractivity contribution is 0.405. The second-order valence-corrected chi connectivity index (χ2v) is 4.57. The minimum atomic E-state index is 0.385. The lowest BCUT2D eigenvalue weighted by Gasteiger charge is -2.13. The molecular weight excluding hydrogens is 272 g/mol. The van der Waals surface area contributed by atoms with Gasteiger partial charge in [0.25, 0.3) is 0 Å². The predicted molar refractivity (Wildman–Crippen MR) is 85.2 cm³/mol. The molecular formula is C15H16N2O2S. The van der Waals surface area contributed by atoms with Gasteiger partial charge < -0.3 is 20.5 Å². The van der Waals surface area contributed by atoms with E-state index in [1.54, 1.807) is 14.2 Å². The van der Waals surface area contributed by atoms with Crippen molar-refractivity contribution < 1.29 is 9.47 Å². The van der Waals surface area contributed by atoms with Crippen LogP contribution < -0.4 is 20.5 Å². The second-order valence-electron chi connectivity index (χ2n) is 4.13. The van der Waals surface area contributed by atoms with E-state index < -0.39 is 0 Å². The number of rotatable bonds is 5. The molecule has 104 valence electrons. The van der Waals surface area contributed by atoms with Crippen molar-refractivity contribution in [2.24, 2.45) is 5.73 Å². The number of nitrogens with one attached hydrogen (secondary N) is 1. The van der Waals surface area contributed by atoms with Crippen LogP contribution in [0.2, 0.25) is 0 Å². The van der Waals surface area contributed by atoms with Crippen LogP contribution in [0.25, 0.3) is 0 Å². The van der Waals surface area contributed by atoms with Gasteiger partial charge in [0.05, 0.1) is 19.9 Å². The second kappa shape index (κ2) is 6.25. The van der Waals surface area contributed by atoms with Crippen LogP contribution in [-0.2, 0) is 0 Å². The molecule has 0 spiro atoms. The summed E-state index contributed by atoms with van der Waals surface area (Å²) in [4.78, 5) is 0.385. The van der Waals surface area contributed by atoms with Crippen molar-refractivity contribution >= 4 is 28.6 Å². The summed E-state index contributed by atoms with van der Waals surface area (Å²) < 4.78 is 10.5. The number of methoxy groups -OCH3 is 2. The Morgan fingerprint density at radius 3 is 2.30 bits per heavy atom. The molecule has 2 aromatic carbocycles. The molecule has 0 aliphatic rings. The fraction of sp³-hybridized carbons (Fsp3) is 0.133. The third-order valence-corrected chi connectivity index (χ3v) is 3.09. The first-order valence-corrected chi connectivity index (χ1v) is 6.44. The van der Waals surface area contributed by atoms with Gasteiger partial charge in [-0.05, 0) is 36.4 Å². The van der Waals surface area contributed by atoms with Gasteiger partial charge in [0, 0.05) is 17.3 Å². The van der Waals surface area contributed by atoms with Crippen molar-refractivity contribution in [2.45, 2.75) is 0 Å². The maximum absolute atomic E-state index is 5.57. The Hall–Kier alpha value is -2.27. The van der Waals surface area contributed by atoms with Gasteiger partial charge in [-0.3, -0.25) is 0 Å². The summed E-state index contributed by atoms with van der Waals surface area (Å²) in [6, 6.07) is 13.1. The summed E-state index contributed by atoms with van der Waals surface area (Å²) in [7, 11) is 3.26. The molecule has 2 aromatic rings. The average molecular weight is 288 g/mol. The molecule has 0 radical (unpaired) electrons. The zero-order valence-corrected chi connectivity index (χ0v) is 12.2. The molecule has 0 atom stereocenters. The van der Waals surface area contributed by atoms with Gasteiger partial charge in [-0.25, -0.2) is 0 Å². The summed E-state index contributed by atoms with van der Waals surface area (Å²) in [5, 5.41) is 3.28. The summed E-state index contributed by atoms with van der Waals surface area (Å²) in [5.41, 5.74) is 8.15. The third kappa shape index (κ3) is 3.19. The first-order valence-electron chi connectivity index (χ1n) is 6.03. The molecule has 0 bridgehead atoms. The van der Waals surface area contributed by atoms with Gasteiger partial charge >= 0.3 is 0 Å². The van der Waals surface area contributed by atoms with Crippen molar-refractivity contribution in [3.63, 3.8) is 0 Å². The number of nitrogens with two attached hydrogens (primary N) is 1. The van der Waals surface area contributed by atoms with E-state index in [9.17, 15) is 0 Å². The molecule has 0 fully saturated rings. The number of ether oxygens (including phenoxy) is 2.